The number of hydrogen-bond donors (Lipinski definition) is 2. The number of H-pyrrole nitrogens is 1. The van der Waals surface area contributed by atoms with Crippen LogP contribution in [0.3, 0.4) is 0 Å². The van der Waals surface area contributed by atoms with Gasteiger partial charge in [0.05, 0.1) is 17.7 Å². The number of imide groups is 1. The number of benzene rings is 2. The third-order valence-electron chi connectivity index (χ3n) is 4.84. The van der Waals surface area contributed by atoms with Crippen molar-refractivity contribution < 1.29 is 23.9 Å². The van der Waals surface area contributed by atoms with Gasteiger partial charge < -0.3 is 15.0 Å². The van der Waals surface area contributed by atoms with E-state index in [0.29, 0.717) is 5.52 Å². The molecule has 0 bridgehead atoms. The van der Waals surface area contributed by atoms with E-state index in [1.54, 1.807) is 31.2 Å². The van der Waals surface area contributed by atoms with Crippen molar-refractivity contribution in [3.63, 3.8) is 0 Å². The van der Waals surface area contributed by atoms with Crippen LogP contribution in [0.15, 0.2) is 53.5 Å². The Morgan fingerprint density at radius 1 is 1.03 bits per heavy atom. The summed E-state index contributed by atoms with van der Waals surface area (Å²) in [6, 6.07) is 10.9. The quantitative estimate of drug-likeness (QED) is 0.481. The summed E-state index contributed by atoms with van der Waals surface area (Å²) >= 11 is 0. The van der Waals surface area contributed by atoms with Gasteiger partial charge in [0, 0.05) is 22.8 Å². The van der Waals surface area contributed by atoms with Crippen LogP contribution < -0.4 is 10.7 Å². The van der Waals surface area contributed by atoms with E-state index in [4.69, 9.17) is 4.74 Å². The lowest BCUT2D eigenvalue weighted by Gasteiger charge is -2.14. The summed E-state index contributed by atoms with van der Waals surface area (Å²) in [4.78, 5) is 65.6. The molecular weight excluding hydrogens is 402 g/mol. The van der Waals surface area contributed by atoms with E-state index < -0.39 is 35.7 Å². The number of aromatic amines is 1. The maximum absolute atomic E-state index is 12.6. The average molecular weight is 419 g/mol. The van der Waals surface area contributed by atoms with E-state index in [-0.39, 0.29) is 34.4 Å². The van der Waals surface area contributed by atoms with E-state index in [9.17, 15) is 24.0 Å². The second-order valence-corrected chi connectivity index (χ2v) is 6.80. The number of nitrogens with zero attached hydrogens (tertiary/aromatic N) is 1. The molecule has 2 aromatic carbocycles. The van der Waals surface area contributed by atoms with Crippen LogP contribution in [0, 0.1) is 0 Å². The molecule has 0 aliphatic carbocycles. The molecule has 0 spiro atoms. The molecule has 1 aliphatic rings. The number of amides is 3. The second kappa shape index (κ2) is 7.86. The van der Waals surface area contributed by atoms with Gasteiger partial charge in [0.15, 0.2) is 0 Å². The zero-order valence-electron chi connectivity index (χ0n) is 16.4. The number of aromatic nitrogens is 1. The first-order valence-corrected chi connectivity index (χ1v) is 9.48. The minimum atomic E-state index is -0.745. The van der Waals surface area contributed by atoms with E-state index in [0.717, 1.165) is 4.90 Å². The number of esters is 1. The summed E-state index contributed by atoms with van der Waals surface area (Å²) in [5, 5.41) is 2.76. The fourth-order valence-electron chi connectivity index (χ4n) is 3.38. The Bertz CT molecular complexity index is 1280. The number of carbonyl (C=O) groups is 4. The lowest BCUT2D eigenvalue weighted by atomic mass is 10.1. The first kappa shape index (κ1) is 20.0. The van der Waals surface area contributed by atoms with Crippen molar-refractivity contribution >= 4 is 40.3 Å². The largest absolute Gasteiger partial charge is 0.462 e. The van der Waals surface area contributed by atoms with Gasteiger partial charge in [0.2, 0.25) is 11.3 Å². The molecule has 1 aliphatic heterocycles. The van der Waals surface area contributed by atoms with Crippen LogP contribution in [0.5, 0.6) is 0 Å². The van der Waals surface area contributed by atoms with E-state index in [1.807, 2.05) is 0 Å². The standard InChI is InChI=1S/C22H17N3O6/c1-2-31-22(30)16-10-23-17-8-7-12(9-15(17)19(16)27)24-18(26)11-25-20(28)13-5-3-4-6-14(13)21(25)29/h3-10H,2,11H2,1H3,(H,23,27)(H,24,26). The first-order chi connectivity index (χ1) is 14.9. The second-order valence-electron chi connectivity index (χ2n) is 6.80. The predicted octanol–water partition coefficient (Wildman–Crippen LogP) is 1.94. The monoisotopic (exact) mass is 419 g/mol. The molecule has 0 unspecified atom stereocenters. The summed E-state index contributed by atoms with van der Waals surface area (Å²) in [6.45, 7) is 1.29. The lowest BCUT2D eigenvalue weighted by Crippen LogP contribution is -2.37. The number of carbonyl (C=O) groups excluding carboxylic acids is 4. The lowest BCUT2D eigenvalue weighted by molar-refractivity contribution is -0.116. The molecule has 1 aromatic heterocycles. The fourth-order valence-corrected chi connectivity index (χ4v) is 3.38. The Balaban J connectivity index is 1.55. The molecule has 0 atom stereocenters. The van der Waals surface area contributed by atoms with Gasteiger partial charge in [0.25, 0.3) is 11.8 Å². The molecule has 3 aromatic rings. The predicted molar refractivity (Wildman–Crippen MR) is 111 cm³/mol. The Kier molecular flexibility index (Phi) is 5.08. The first-order valence-electron chi connectivity index (χ1n) is 9.48. The van der Waals surface area contributed by atoms with Crippen LogP contribution >= 0.6 is 0 Å². The van der Waals surface area contributed by atoms with Crippen molar-refractivity contribution in [3.05, 3.63) is 75.6 Å². The fraction of sp³-hybridized carbons (Fsp3) is 0.136. The van der Waals surface area contributed by atoms with E-state index >= 15 is 0 Å². The molecule has 9 heteroatoms. The molecule has 31 heavy (non-hydrogen) atoms. The Labute approximate surface area is 175 Å². The van der Waals surface area contributed by atoms with Crippen molar-refractivity contribution in [2.24, 2.45) is 0 Å². The van der Waals surface area contributed by atoms with Gasteiger partial charge in [0.1, 0.15) is 12.1 Å². The van der Waals surface area contributed by atoms with Crippen molar-refractivity contribution in [2.45, 2.75) is 6.92 Å². The molecule has 0 radical (unpaired) electrons. The van der Waals surface area contributed by atoms with Gasteiger partial charge in [-0.15, -0.1) is 0 Å². The average Bonchev–Trinajstić information content (AvgIpc) is 2.99. The number of anilines is 1. The third-order valence-corrected chi connectivity index (χ3v) is 4.84. The van der Waals surface area contributed by atoms with Crippen LogP contribution in [-0.2, 0) is 9.53 Å². The molecule has 0 fully saturated rings. The van der Waals surface area contributed by atoms with Gasteiger partial charge >= 0.3 is 5.97 Å². The minimum absolute atomic E-state index is 0.129. The zero-order valence-corrected chi connectivity index (χ0v) is 16.4. The summed E-state index contributed by atoms with van der Waals surface area (Å²) in [5.74, 6) is -2.42. The molecule has 156 valence electrons. The number of rotatable bonds is 5. The SMILES string of the molecule is CCOC(=O)c1c[nH]c2ccc(NC(=O)CN3C(=O)c4ccccc4C3=O)cc2c1=O. The number of hydrogen-bond acceptors (Lipinski definition) is 6. The van der Waals surface area contributed by atoms with Crippen LogP contribution in [0.4, 0.5) is 5.69 Å². The van der Waals surface area contributed by atoms with E-state index in [1.165, 1.54) is 24.4 Å². The molecular formula is C22H17N3O6. The van der Waals surface area contributed by atoms with Crippen LogP contribution in [0.1, 0.15) is 38.0 Å². The summed E-state index contributed by atoms with van der Waals surface area (Å²) < 4.78 is 4.88. The highest BCUT2D eigenvalue weighted by atomic mass is 16.5. The van der Waals surface area contributed by atoms with Gasteiger partial charge in [-0.1, -0.05) is 12.1 Å². The number of fused-ring (bicyclic) bond motifs is 2. The Morgan fingerprint density at radius 3 is 2.35 bits per heavy atom. The Morgan fingerprint density at radius 2 is 1.71 bits per heavy atom. The van der Waals surface area contributed by atoms with Gasteiger partial charge in [-0.3, -0.25) is 24.1 Å². The van der Waals surface area contributed by atoms with Crippen molar-refractivity contribution in [3.8, 4) is 0 Å². The van der Waals surface area contributed by atoms with Crippen molar-refractivity contribution in [1.29, 1.82) is 0 Å². The van der Waals surface area contributed by atoms with Crippen LogP contribution in [0.25, 0.3) is 10.9 Å². The number of ether oxygens (including phenoxy) is 1. The van der Waals surface area contributed by atoms with Crippen molar-refractivity contribution in [2.75, 3.05) is 18.5 Å². The molecule has 0 saturated heterocycles. The maximum atomic E-state index is 12.6. The molecule has 2 heterocycles. The summed E-state index contributed by atoms with van der Waals surface area (Å²) in [6.07, 6.45) is 1.28. The highest BCUT2D eigenvalue weighted by Gasteiger charge is 2.36. The molecule has 0 saturated carbocycles. The molecule has 4 rings (SSSR count). The summed E-state index contributed by atoms with van der Waals surface area (Å²) in [7, 11) is 0. The normalized spacial score (nSPS) is 12.7. The van der Waals surface area contributed by atoms with Gasteiger partial charge in [-0.25, -0.2) is 4.79 Å². The topological polar surface area (TPSA) is 126 Å². The van der Waals surface area contributed by atoms with Crippen LogP contribution in [-0.4, -0.2) is 46.7 Å². The van der Waals surface area contributed by atoms with E-state index in [2.05, 4.69) is 10.3 Å². The van der Waals surface area contributed by atoms with Crippen LogP contribution in [0.2, 0.25) is 0 Å². The number of nitrogens with one attached hydrogen (secondary N) is 2. The minimum Gasteiger partial charge on any atom is -0.462 e. The van der Waals surface area contributed by atoms with Crippen molar-refractivity contribution in [1.82, 2.24) is 9.88 Å². The number of pyridine rings is 1. The zero-order chi connectivity index (χ0) is 22.1. The third kappa shape index (κ3) is 3.57. The molecule has 3 amide bonds. The highest BCUT2D eigenvalue weighted by molar-refractivity contribution is 6.22. The molecule has 9 nitrogen and oxygen atoms in total. The highest BCUT2D eigenvalue weighted by Crippen LogP contribution is 2.22. The van der Waals surface area contributed by atoms with Gasteiger partial charge in [-0.05, 0) is 37.3 Å². The molecule has 2 N–H and O–H groups in total. The van der Waals surface area contributed by atoms with Gasteiger partial charge in [-0.2, -0.15) is 0 Å². The summed E-state index contributed by atoms with van der Waals surface area (Å²) in [5.41, 5.74) is 0.567. The smallest absolute Gasteiger partial charge is 0.343 e. The maximum Gasteiger partial charge on any atom is 0.343 e. The Hall–Kier alpha value is -4.27.